The van der Waals surface area contributed by atoms with Crippen LogP contribution in [0.5, 0.6) is 0 Å². The van der Waals surface area contributed by atoms with Gasteiger partial charge >= 0.3 is 6.80 Å². The lowest BCUT2D eigenvalue weighted by Gasteiger charge is -2.30. The van der Waals surface area contributed by atoms with Crippen molar-refractivity contribution in [2.24, 2.45) is 0 Å². The first-order chi connectivity index (χ1) is 40.8. The SMILES string of the molecule is B[P@]1(=O)OC[C@H]2O[C@@H](n3cnc4c(N)ccnc43)[C@H](F)[C@@H]2O[P@](=O)(SCc2ccc(COCCOCCOCCn3nnc4c3-c3ccccc3N(C(=O)CC)Cc3ccccc3-4)cc2)OC[C@H]2O[C@@H](n3cnc4c(N)ncnc43)[C@H](F)[C@@H]2O1. The molecule has 0 aliphatic carbocycles. The number of fused-ring (bicyclic) bond motifs is 9. The summed E-state index contributed by atoms with van der Waals surface area (Å²) in [6.45, 7) is -1.05. The number of hydrogen-bond acceptors (Lipinski definition) is 22. The van der Waals surface area contributed by atoms with Crippen LogP contribution < -0.4 is 16.4 Å². The summed E-state index contributed by atoms with van der Waals surface area (Å²) >= 11 is 0.769. The number of para-hydroxylation sites is 1. The van der Waals surface area contributed by atoms with Crippen molar-refractivity contribution >= 4 is 78.6 Å². The molecule has 25 nitrogen and oxygen atoms in total. The molecular formula is C53H58BF2N13O12P2S. The van der Waals surface area contributed by atoms with E-state index in [4.69, 9.17) is 53.2 Å². The number of carbonyl (C=O) groups excluding carboxylic acids is 1. The van der Waals surface area contributed by atoms with Crippen LogP contribution in [-0.4, -0.2) is 146 Å². The molecule has 12 rings (SSSR count). The molecule has 0 bridgehead atoms. The van der Waals surface area contributed by atoms with Crippen LogP contribution in [0, 0.1) is 0 Å². The smallest absolute Gasteiger partial charge is 0.389 e. The highest BCUT2D eigenvalue weighted by molar-refractivity contribution is 8.54. The molecule has 4 aliphatic heterocycles. The van der Waals surface area contributed by atoms with Crippen LogP contribution >= 0.6 is 25.7 Å². The largest absolute Gasteiger partial charge is 0.397 e. The van der Waals surface area contributed by atoms with Gasteiger partial charge in [-0.05, 0) is 40.2 Å². The van der Waals surface area contributed by atoms with Gasteiger partial charge in [0.25, 0.3) is 15.0 Å². The Labute approximate surface area is 484 Å². The van der Waals surface area contributed by atoms with Gasteiger partial charge in [-0.15, -0.1) is 5.10 Å². The number of ether oxygens (including phenoxy) is 5. The maximum Gasteiger partial charge on any atom is 0.389 e. The quantitative estimate of drug-likeness (QED) is 0.0530. The molecule has 0 radical (unpaired) electrons. The minimum absolute atomic E-state index is 0.0233. The Hall–Kier alpha value is -6.59. The lowest BCUT2D eigenvalue weighted by atomic mass is 9.95. The number of rotatable bonds is 17. The monoisotopic (exact) mass is 1210 g/mol. The van der Waals surface area contributed by atoms with Crippen LogP contribution in [-0.2, 0) is 81.2 Å². The topological polar surface area (TPSA) is 295 Å². The first kappa shape index (κ1) is 57.8. The van der Waals surface area contributed by atoms with Gasteiger partial charge in [0.2, 0.25) is 5.91 Å². The van der Waals surface area contributed by atoms with Crippen LogP contribution in [0.25, 0.3) is 44.8 Å². The molecule has 5 aromatic heterocycles. The number of carbonyl (C=O) groups is 1. The van der Waals surface area contributed by atoms with Crippen molar-refractivity contribution < 1.29 is 64.5 Å². The van der Waals surface area contributed by atoms with Crippen molar-refractivity contribution in [1.29, 1.82) is 0 Å². The highest BCUT2D eigenvalue weighted by Crippen LogP contribution is 2.65. The summed E-state index contributed by atoms with van der Waals surface area (Å²) in [4.78, 5) is 36.1. The van der Waals surface area contributed by atoms with Crippen LogP contribution in [0.15, 0.2) is 104 Å². The summed E-state index contributed by atoms with van der Waals surface area (Å²) in [5.41, 5.74) is 20.0. The zero-order valence-corrected chi connectivity index (χ0v) is 48.1. The van der Waals surface area contributed by atoms with Crippen LogP contribution in [0.1, 0.15) is 42.5 Å². The molecule has 3 fully saturated rings. The lowest BCUT2D eigenvalue weighted by Crippen LogP contribution is -2.37. The average molecular weight is 1210 g/mol. The van der Waals surface area contributed by atoms with E-state index < -0.39 is 76.7 Å². The molecule has 10 atom stereocenters. The highest BCUT2D eigenvalue weighted by atomic mass is 32.7. The van der Waals surface area contributed by atoms with E-state index in [-0.39, 0.29) is 40.9 Å². The third-order valence-electron chi connectivity index (χ3n) is 14.7. The number of alkyl halides is 2. The van der Waals surface area contributed by atoms with E-state index in [2.05, 4.69) is 35.2 Å². The fraction of sp³-hybridized carbons (Fsp3) is 0.396. The van der Waals surface area contributed by atoms with E-state index in [9.17, 15) is 9.36 Å². The van der Waals surface area contributed by atoms with Crippen molar-refractivity contribution in [1.82, 2.24) is 49.0 Å². The Balaban J connectivity index is 0.658. The molecule has 4 N–H and O–H groups in total. The predicted octanol–water partition coefficient (Wildman–Crippen LogP) is 6.94. The van der Waals surface area contributed by atoms with Gasteiger partial charge in [-0.3, -0.25) is 27.5 Å². The van der Waals surface area contributed by atoms with Crippen molar-refractivity contribution in [3.63, 3.8) is 0 Å². The van der Waals surface area contributed by atoms with Crippen LogP contribution in [0.3, 0.4) is 0 Å². The second kappa shape index (κ2) is 24.8. The molecule has 0 saturated carbocycles. The molecule has 4 aliphatic rings. The van der Waals surface area contributed by atoms with Gasteiger partial charge in [-0.2, -0.15) is 0 Å². The van der Waals surface area contributed by atoms with E-state index in [1.807, 2.05) is 89.3 Å². The van der Waals surface area contributed by atoms with Gasteiger partial charge in [0.15, 0.2) is 41.9 Å². The number of nitrogens with zero attached hydrogens (tertiary/aromatic N) is 11. The highest BCUT2D eigenvalue weighted by Gasteiger charge is 2.55. The zero-order chi connectivity index (χ0) is 58.1. The number of amides is 1. The molecule has 440 valence electrons. The van der Waals surface area contributed by atoms with Crippen molar-refractivity contribution in [3.8, 4) is 22.5 Å². The number of nitrogen functional groups attached to an aromatic ring is 2. The van der Waals surface area contributed by atoms with Gasteiger partial charge in [-0.1, -0.05) is 78.9 Å². The summed E-state index contributed by atoms with van der Waals surface area (Å²) in [7, 11) is -3.05. The number of benzene rings is 3. The molecule has 0 spiro atoms. The van der Waals surface area contributed by atoms with Gasteiger partial charge in [0.05, 0.1) is 95.7 Å². The minimum atomic E-state index is -4.49. The Bertz CT molecular complexity index is 3780. The molecular weight excluding hydrogens is 1150 g/mol. The van der Waals surface area contributed by atoms with Crippen molar-refractivity contribution in [2.45, 2.75) is 88.0 Å². The Kier molecular flexibility index (Phi) is 17.1. The maximum atomic E-state index is 17.0. The molecule has 8 aromatic rings. The van der Waals surface area contributed by atoms with E-state index in [0.717, 1.165) is 58.3 Å². The number of imidazole rings is 2. The predicted molar refractivity (Wildman–Crippen MR) is 306 cm³/mol. The first-order valence-corrected chi connectivity index (χ1v) is 32.2. The van der Waals surface area contributed by atoms with Gasteiger partial charge in [0, 0.05) is 29.5 Å². The van der Waals surface area contributed by atoms with Crippen molar-refractivity contribution in [2.75, 3.05) is 62.6 Å². The van der Waals surface area contributed by atoms with Gasteiger partial charge < -0.3 is 49.1 Å². The summed E-state index contributed by atoms with van der Waals surface area (Å²) in [6.07, 6.45) is -7.38. The number of pyridine rings is 1. The standard InChI is InChI=1S/C53H58BF2N13O12P2S/c1-2-40(70)66-23-33-7-3-4-8-34(33)43-46(35-9-5-6-10-37(35)66)69(65-64-43)17-18-73-19-20-74-21-22-75-24-31-11-13-32(14-12-31)27-84-83(72)77-26-39-47(41(55)52(79-39)68-30-63-45-49(58)60-28-61-51(45)68)80-82(54,71)76-25-38-48(81-83)42(56)53(78-38)67-29-62-44-36(57)15-16-59-50(44)67/h3-16,28-30,38-39,41-42,47-48,52-53H,2,17-27,54H2,1H3,(H2,57,59)(H2,58,60,61)/t38-,39-,41-,42-,47-,48-,52-,53-,82+,83-/m1/s1. The van der Waals surface area contributed by atoms with Gasteiger partial charge in [0.1, 0.15) is 47.5 Å². The molecule has 3 saturated heterocycles. The third kappa shape index (κ3) is 11.9. The third-order valence-corrected chi connectivity index (χ3v) is 19.6. The summed E-state index contributed by atoms with van der Waals surface area (Å²) in [5, 5.41) is 9.14. The molecule has 84 heavy (non-hydrogen) atoms. The molecule has 9 heterocycles. The fourth-order valence-corrected chi connectivity index (χ4v) is 15.0. The molecule has 31 heteroatoms. The molecule has 0 unspecified atom stereocenters. The number of nitrogens with two attached hydrogens (primary N) is 2. The van der Waals surface area contributed by atoms with Crippen molar-refractivity contribution in [3.05, 3.63) is 121 Å². The average Bonchev–Trinajstić information content (AvgIpc) is 2.24. The fourth-order valence-electron chi connectivity index (χ4n) is 10.5. The summed E-state index contributed by atoms with van der Waals surface area (Å²) in [5.74, 6) is 0.123. The van der Waals surface area contributed by atoms with E-state index in [1.54, 1.807) is 6.07 Å². The number of halogens is 2. The summed E-state index contributed by atoms with van der Waals surface area (Å²) < 4.78 is 121. The maximum absolute atomic E-state index is 17.0. The first-order valence-electron chi connectivity index (χ1n) is 27.1. The van der Waals surface area contributed by atoms with Crippen LogP contribution in [0.4, 0.5) is 26.0 Å². The second-order valence-electron chi connectivity index (χ2n) is 20.2. The second-order valence-corrected chi connectivity index (χ2v) is 26.2. The molecule has 3 aromatic carbocycles. The Morgan fingerprint density at radius 3 is 2.14 bits per heavy atom. The number of hydrogen-bond donors (Lipinski definition) is 2. The van der Waals surface area contributed by atoms with Crippen LogP contribution in [0.2, 0.25) is 0 Å². The van der Waals surface area contributed by atoms with E-state index >= 15 is 13.3 Å². The summed E-state index contributed by atoms with van der Waals surface area (Å²) in [6, 6.07) is 24.7. The van der Waals surface area contributed by atoms with Gasteiger partial charge in [-0.25, -0.2) is 42.9 Å². The lowest BCUT2D eigenvalue weighted by molar-refractivity contribution is -0.118. The van der Waals surface area contributed by atoms with E-state index in [0.29, 0.717) is 69.3 Å². The van der Waals surface area contributed by atoms with E-state index in [1.165, 1.54) is 34.3 Å². The Morgan fingerprint density at radius 1 is 0.750 bits per heavy atom. The minimum Gasteiger partial charge on any atom is -0.397 e. The zero-order valence-electron chi connectivity index (χ0n) is 45.5. The number of anilines is 3. The number of aromatic nitrogens is 10. The Morgan fingerprint density at radius 2 is 1.39 bits per heavy atom. The normalized spacial score (nSPS) is 26.1. The molecule has 1 amide bonds.